The quantitative estimate of drug-likeness (QED) is 0.360. The van der Waals surface area contributed by atoms with Crippen LogP contribution in [0.5, 0.6) is 0 Å². The second-order valence-electron chi connectivity index (χ2n) is 10.5. The van der Waals surface area contributed by atoms with Gasteiger partial charge in [-0.3, -0.25) is 9.59 Å². The molecule has 1 amide bonds. The fraction of sp³-hybridized carbons (Fsp3) is 0.414. The number of halogens is 2. The van der Waals surface area contributed by atoms with E-state index < -0.39 is 39.4 Å². The van der Waals surface area contributed by atoms with Gasteiger partial charge in [0.25, 0.3) is 0 Å². The second kappa shape index (κ2) is 12.4. The monoisotopic (exact) mass is 572 g/mol. The molecule has 2 N–H and O–H groups in total. The van der Waals surface area contributed by atoms with Crippen LogP contribution in [-0.2, 0) is 19.6 Å². The number of hydrogen-bond donors (Lipinski definition) is 2. The number of benzene rings is 2. The molecule has 0 saturated carbocycles. The summed E-state index contributed by atoms with van der Waals surface area (Å²) in [6, 6.07) is 8.16. The molecule has 2 heterocycles. The van der Waals surface area contributed by atoms with E-state index in [9.17, 15) is 26.8 Å². The Hall–Kier alpha value is -3.44. The molecule has 4 rings (SSSR count). The molecule has 214 valence electrons. The first-order chi connectivity index (χ1) is 18.9. The Morgan fingerprint density at radius 2 is 1.85 bits per heavy atom. The number of Topliss-reactive ketones (excluding diaryl/α,β-unsaturated/α-hetero) is 1. The van der Waals surface area contributed by atoms with Gasteiger partial charge in [0.05, 0.1) is 29.2 Å². The summed E-state index contributed by atoms with van der Waals surface area (Å²) in [5.41, 5.74) is 1.33. The van der Waals surface area contributed by atoms with E-state index in [1.165, 1.54) is 24.4 Å². The minimum Gasteiger partial charge on any atom is -0.342 e. The number of amides is 1. The van der Waals surface area contributed by atoms with Crippen LogP contribution in [0.4, 0.5) is 8.78 Å². The van der Waals surface area contributed by atoms with Crippen molar-refractivity contribution in [1.29, 1.82) is 0 Å². The highest BCUT2D eigenvalue weighted by Crippen LogP contribution is 2.26. The summed E-state index contributed by atoms with van der Waals surface area (Å²) in [6.07, 6.45) is 3.69. The normalized spacial score (nSPS) is 17.4. The second-order valence-corrected chi connectivity index (χ2v) is 12.2. The first kappa shape index (κ1) is 29.5. The third kappa shape index (κ3) is 7.00. The van der Waals surface area contributed by atoms with E-state index in [1.807, 2.05) is 13.8 Å². The number of aryl methyl sites for hydroxylation is 1. The molecule has 8 nitrogen and oxygen atoms in total. The lowest BCUT2D eigenvalue weighted by atomic mass is 9.97. The lowest BCUT2D eigenvalue weighted by Crippen LogP contribution is -2.48. The number of H-pyrrole nitrogens is 1. The molecule has 40 heavy (non-hydrogen) atoms. The zero-order valence-electron chi connectivity index (χ0n) is 22.8. The summed E-state index contributed by atoms with van der Waals surface area (Å²) in [7, 11) is -4.09. The Morgan fingerprint density at radius 3 is 2.52 bits per heavy atom. The van der Waals surface area contributed by atoms with Crippen molar-refractivity contribution in [2.24, 2.45) is 0 Å². The van der Waals surface area contributed by atoms with Crippen molar-refractivity contribution in [3.8, 4) is 11.3 Å². The van der Waals surface area contributed by atoms with Crippen LogP contribution in [0.2, 0.25) is 0 Å². The smallest absolute Gasteiger partial charge is 0.241 e. The molecular weight excluding hydrogens is 538 g/mol. The van der Waals surface area contributed by atoms with E-state index in [1.54, 1.807) is 24.0 Å². The van der Waals surface area contributed by atoms with Gasteiger partial charge in [-0.25, -0.2) is 26.9 Å². The lowest BCUT2D eigenvalue weighted by molar-refractivity contribution is -0.137. The highest BCUT2D eigenvalue weighted by molar-refractivity contribution is 7.89. The topological polar surface area (TPSA) is 112 Å². The molecule has 1 aromatic heterocycles. The van der Waals surface area contributed by atoms with Crippen molar-refractivity contribution in [2.45, 2.75) is 75.8 Å². The molecule has 0 spiro atoms. The van der Waals surface area contributed by atoms with Gasteiger partial charge in [0.1, 0.15) is 17.5 Å². The Labute approximate surface area is 233 Å². The van der Waals surface area contributed by atoms with E-state index in [4.69, 9.17) is 0 Å². The van der Waals surface area contributed by atoms with Crippen LogP contribution < -0.4 is 4.72 Å². The number of aromatic nitrogens is 2. The number of sulfonamides is 1. The van der Waals surface area contributed by atoms with Gasteiger partial charge in [-0.05, 0) is 57.4 Å². The minimum atomic E-state index is -4.09. The molecule has 0 bridgehead atoms. The number of imidazole rings is 1. The summed E-state index contributed by atoms with van der Waals surface area (Å²) >= 11 is 0. The number of carbonyl (C=O) groups excluding carboxylic acids is 2. The van der Waals surface area contributed by atoms with Gasteiger partial charge in [-0.2, -0.15) is 0 Å². The molecule has 3 atom stereocenters. The highest BCUT2D eigenvalue weighted by Gasteiger charge is 2.32. The Morgan fingerprint density at radius 1 is 1.12 bits per heavy atom. The van der Waals surface area contributed by atoms with Gasteiger partial charge in [0, 0.05) is 36.6 Å². The van der Waals surface area contributed by atoms with Crippen molar-refractivity contribution in [1.82, 2.24) is 19.6 Å². The molecule has 1 saturated heterocycles. The lowest BCUT2D eigenvalue weighted by Gasteiger charge is -2.34. The van der Waals surface area contributed by atoms with Crippen molar-refractivity contribution in [3.05, 3.63) is 71.7 Å². The third-order valence-electron chi connectivity index (χ3n) is 7.31. The maximum atomic E-state index is 14.2. The summed E-state index contributed by atoms with van der Waals surface area (Å²) in [6.45, 7) is 6.07. The Kier molecular flexibility index (Phi) is 9.15. The molecule has 1 aliphatic rings. The average Bonchev–Trinajstić information content (AvgIpc) is 3.39. The van der Waals surface area contributed by atoms with Crippen LogP contribution >= 0.6 is 0 Å². The maximum Gasteiger partial charge on any atom is 0.241 e. The maximum absolute atomic E-state index is 14.2. The van der Waals surface area contributed by atoms with E-state index in [2.05, 4.69) is 14.7 Å². The predicted octanol–water partition coefficient (Wildman–Crippen LogP) is 4.86. The van der Waals surface area contributed by atoms with Crippen molar-refractivity contribution < 1.29 is 26.8 Å². The number of carbonyl (C=O) groups is 2. The number of ketones is 1. The highest BCUT2D eigenvalue weighted by atomic mass is 32.2. The van der Waals surface area contributed by atoms with Gasteiger partial charge < -0.3 is 9.88 Å². The number of nitrogens with one attached hydrogen (secondary N) is 2. The van der Waals surface area contributed by atoms with Gasteiger partial charge in [0.2, 0.25) is 15.9 Å². The van der Waals surface area contributed by atoms with E-state index in [-0.39, 0.29) is 35.2 Å². The number of rotatable bonds is 10. The molecule has 0 radical (unpaired) electrons. The fourth-order valence-electron chi connectivity index (χ4n) is 4.93. The molecule has 3 aromatic rings. The number of nitrogens with zero attached hydrogens (tertiary/aromatic N) is 2. The molecule has 1 fully saturated rings. The largest absolute Gasteiger partial charge is 0.342 e. The minimum absolute atomic E-state index is 0.000242. The molecule has 11 heteroatoms. The van der Waals surface area contributed by atoms with E-state index in [0.29, 0.717) is 18.1 Å². The zero-order chi connectivity index (χ0) is 29.0. The van der Waals surface area contributed by atoms with E-state index >= 15 is 0 Å². The van der Waals surface area contributed by atoms with Gasteiger partial charge in [-0.1, -0.05) is 24.6 Å². The fourth-order valence-corrected chi connectivity index (χ4v) is 6.15. The standard InChI is InChI=1S/C29H34F2N4O4S/c1-18-7-10-22(11-8-18)40(38,39)34-25(16-28(37)35-13-5-4-6-20(35)3)27(36)14-19(2)29-32-17-26(33-29)23-12-9-21(30)15-24(23)31/h7-12,15,17,19-20,25,34H,4-6,13-14,16H2,1-3H3,(H,32,33)/t19-,20+,25+/m1/s1. The van der Waals surface area contributed by atoms with Crippen LogP contribution in [0, 0.1) is 18.6 Å². The first-order valence-corrected chi connectivity index (χ1v) is 14.8. The number of likely N-dealkylation sites (tertiary alicyclic amines) is 1. The summed E-state index contributed by atoms with van der Waals surface area (Å²) in [5, 5.41) is 0. The summed E-state index contributed by atoms with van der Waals surface area (Å²) in [4.78, 5) is 35.7. The number of aromatic amines is 1. The van der Waals surface area contributed by atoms with Crippen LogP contribution in [-0.4, -0.2) is 53.6 Å². The molecular formula is C29H34F2N4O4S. The van der Waals surface area contributed by atoms with Crippen molar-refractivity contribution in [2.75, 3.05) is 6.54 Å². The molecule has 0 aliphatic carbocycles. The summed E-state index contributed by atoms with van der Waals surface area (Å²) < 4.78 is 56.4. The Balaban J connectivity index is 1.53. The number of piperidine rings is 1. The van der Waals surface area contributed by atoms with Crippen LogP contribution in [0.1, 0.15) is 63.3 Å². The van der Waals surface area contributed by atoms with Crippen molar-refractivity contribution >= 4 is 21.7 Å². The van der Waals surface area contributed by atoms with E-state index in [0.717, 1.165) is 37.0 Å². The molecule has 2 aromatic carbocycles. The van der Waals surface area contributed by atoms with Gasteiger partial charge >= 0.3 is 0 Å². The van der Waals surface area contributed by atoms with Crippen LogP contribution in [0.15, 0.2) is 53.6 Å². The molecule has 1 aliphatic heterocycles. The summed E-state index contributed by atoms with van der Waals surface area (Å²) in [5.74, 6) is -2.32. The predicted molar refractivity (Wildman–Crippen MR) is 147 cm³/mol. The average molecular weight is 573 g/mol. The third-order valence-corrected chi connectivity index (χ3v) is 8.80. The van der Waals surface area contributed by atoms with Crippen molar-refractivity contribution in [3.63, 3.8) is 0 Å². The molecule has 0 unspecified atom stereocenters. The first-order valence-electron chi connectivity index (χ1n) is 13.4. The van der Waals surface area contributed by atoms with Gasteiger partial charge in [-0.15, -0.1) is 0 Å². The van der Waals surface area contributed by atoms with Crippen LogP contribution in [0.3, 0.4) is 0 Å². The zero-order valence-corrected chi connectivity index (χ0v) is 23.6. The number of hydrogen-bond acceptors (Lipinski definition) is 5. The Bertz CT molecular complexity index is 1470. The van der Waals surface area contributed by atoms with Crippen LogP contribution in [0.25, 0.3) is 11.3 Å². The van der Waals surface area contributed by atoms with Gasteiger partial charge in [0.15, 0.2) is 5.78 Å². The SMILES string of the molecule is Cc1ccc(S(=O)(=O)N[C@@H](CC(=O)N2CCCC[C@@H]2C)C(=O)C[C@@H](C)c2ncc(-c3ccc(F)cc3F)[nH]2)cc1.